The lowest BCUT2D eigenvalue weighted by Crippen LogP contribution is -1.97. The Morgan fingerprint density at radius 3 is 1.72 bits per heavy atom. The molecule has 0 saturated heterocycles. The summed E-state index contributed by atoms with van der Waals surface area (Å²) in [5.74, 6) is -0.860. The Morgan fingerprint density at radius 2 is 1.39 bits per heavy atom. The van der Waals surface area contributed by atoms with E-state index in [1.165, 1.54) is 19.3 Å². The zero-order chi connectivity index (χ0) is 14.4. The Balaban J connectivity index is 0. The average molecular weight is 260 g/mol. The van der Waals surface area contributed by atoms with Gasteiger partial charge in [-0.2, -0.15) is 0 Å². The lowest BCUT2D eigenvalue weighted by Gasteiger charge is -1.97. The molecule has 0 heterocycles. The zero-order valence-corrected chi connectivity index (χ0v) is 11.9. The summed E-state index contributed by atoms with van der Waals surface area (Å²) in [4.78, 5) is 19.9. The molecule has 0 fully saturated rings. The van der Waals surface area contributed by atoms with Gasteiger partial charge in [0.1, 0.15) is 0 Å². The van der Waals surface area contributed by atoms with Crippen LogP contribution in [0.25, 0.3) is 0 Å². The van der Waals surface area contributed by atoms with E-state index in [-0.39, 0.29) is 0 Å². The number of unbranched alkanes of at least 4 members (excludes halogenated alkanes) is 4. The van der Waals surface area contributed by atoms with Crippen LogP contribution >= 0.6 is 0 Å². The third-order valence-electron chi connectivity index (χ3n) is 2.43. The second-order valence-electron chi connectivity index (χ2n) is 4.88. The van der Waals surface area contributed by atoms with Gasteiger partial charge in [0.25, 0.3) is 0 Å². The normalized spacial score (nSPS) is 9.78. The van der Waals surface area contributed by atoms with Crippen LogP contribution in [0, 0.1) is 5.92 Å². The van der Waals surface area contributed by atoms with E-state index >= 15 is 0 Å². The van der Waals surface area contributed by atoms with E-state index in [4.69, 9.17) is 10.2 Å². The first kappa shape index (κ1) is 19.3. The molecular weight excluding hydrogens is 232 g/mol. The molecule has 0 radical (unpaired) electrons. The predicted octanol–water partition coefficient (Wildman–Crippen LogP) is 3.94. The maximum Gasteiger partial charge on any atom is 0.303 e. The molecule has 0 spiro atoms. The van der Waals surface area contributed by atoms with Crippen LogP contribution < -0.4 is 0 Å². The van der Waals surface area contributed by atoms with Crippen molar-refractivity contribution in [1.82, 2.24) is 0 Å². The first-order valence-corrected chi connectivity index (χ1v) is 6.83. The summed E-state index contributed by atoms with van der Waals surface area (Å²) in [7, 11) is 0. The maximum absolute atomic E-state index is 10.0. The molecule has 0 aromatic heterocycles. The molecule has 0 aliphatic heterocycles. The van der Waals surface area contributed by atoms with Gasteiger partial charge in [0, 0.05) is 12.8 Å². The van der Waals surface area contributed by atoms with Crippen molar-refractivity contribution in [2.24, 2.45) is 5.92 Å². The minimum Gasteiger partial charge on any atom is -0.481 e. The summed E-state index contributed by atoms with van der Waals surface area (Å²) in [6.07, 6.45) is 6.97. The van der Waals surface area contributed by atoms with E-state index in [0.717, 1.165) is 19.3 Å². The number of carbonyl (C=O) groups is 2. The number of carboxylic acids is 2. The molecule has 2 N–H and O–H groups in total. The Kier molecular flexibility index (Phi) is 15.0. The Bertz CT molecular complexity index is 212. The Labute approximate surface area is 110 Å². The molecule has 108 valence electrons. The number of hydrogen-bond donors (Lipinski definition) is 2. The highest BCUT2D eigenvalue weighted by Crippen LogP contribution is 2.04. The average Bonchev–Trinajstić information content (AvgIpc) is 2.26. The molecule has 0 amide bonds. The van der Waals surface area contributed by atoms with E-state index in [1.807, 2.05) is 13.8 Å². The largest absolute Gasteiger partial charge is 0.481 e. The number of rotatable bonds is 9. The quantitative estimate of drug-likeness (QED) is 0.616. The van der Waals surface area contributed by atoms with Crippen LogP contribution in [0.2, 0.25) is 0 Å². The van der Waals surface area contributed by atoms with Crippen molar-refractivity contribution >= 4 is 11.9 Å². The topological polar surface area (TPSA) is 74.6 Å². The van der Waals surface area contributed by atoms with E-state index in [2.05, 4.69) is 6.92 Å². The van der Waals surface area contributed by atoms with Gasteiger partial charge >= 0.3 is 11.9 Å². The standard InChI is InChI=1S/C8H16O2.C6H12O2/c1-2-3-4-5-6-7-8(9)10;1-5(2)3-4-6(7)8/h2-7H2,1H3,(H,9,10);5H,3-4H2,1-2H3,(H,7,8). The van der Waals surface area contributed by atoms with Crippen LogP contribution in [0.1, 0.15) is 72.1 Å². The van der Waals surface area contributed by atoms with E-state index in [9.17, 15) is 9.59 Å². The summed E-state index contributed by atoms with van der Waals surface area (Å²) >= 11 is 0. The van der Waals surface area contributed by atoms with Crippen LogP contribution in [0.15, 0.2) is 0 Å². The fourth-order valence-corrected chi connectivity index (χ4v) is 1.29. The van der Waals surface area contributed by atoms with Crippen molar-refractivity contribution in [3.05, 3.63) is 0 Å². The van der Waals surface area contributed by atoms with Gasteiger partial charge in [-0.05, 0) is 18.8 Å². The van der Waals surface area contributed by atoms with Crippen molar-refractivity contribution in [1.29, 1.82) is 0 Å². The van der Waals surface area contributed by atoms with Gasteiger partial charge in [-0.15, -0.1) is 0 Å². The van der Waals surface area contributed by atoms with Gasteiger partial charge < -0.3 is 10.2 Å². The molecule has 0 atom stereocenters. The molecule has 4 nitrogen and oxygen atoms in total. The van der Waals surface area contributed by atoms with Gasteiger partial charge in [0.15, 0.2) is 0 Å². The molecule has 18 heavy (non-hydrogen) atoms. The van der Waals surface area contributed by atoms with Crippen molar-refractivity contribution in [2.45, 2.75) is 72.1 Å². The van der Waals surface area contributed by atoms with Crippen LogP contribution in [0.4, 0.5) is 0 Å². The van der Waals surface area contributed by atoms with Crippen LogP contribution in [0.5, 0.6) is 0 Å². The Hall–Kier alpha value is -1.06. The minimum atomic E-state index is -0.696. The molecule has 0 rings (SSSR count). The second-order valence-corrected chi connectivity index (χ2v) is 4.88. The lowest BCUT2D eigenvalue weighted by molar-refractivity contribution is -0.138. The van der Waals surface area contributed by atoms with E-state index in [0.29, 0.717) is 18.8 Å². The minimum absolute atomic E-state index is 0.303. The Morgan fingerprint density at radius 1 is 0.889 bits per heavy atom. The fourth-order valence-electron chi connectivity index (χ4n) is 1.29. The highest BCUT2D eigenvalue weighted by Gasteiger charge is 1.98. The molecule has 0 aliphatic rings. The predicted molar refractivity (Wildman–Crippen MR) is 72.7 cm³/mol. The monoisotopic (exact) mass is 260 g/mol. The van der Waals surface area contributed by atoms with E-state index in [1.54, 1.807) is 0 Å². The molecule has 4 heteroatoms. The lowest BCUT2D eigenvalue weighted by atomic mass is 10.1. The number of hydrogen-bond acceptors (Lipinski definition) is 2. The summed E-state index contributed by atoms with van der Waals surface area (Å²) in [6, 6.07) is 0. The van der Waals surface area contributed by atoms with Gasteiger partial charge in [0.05, 0.1) is 0 Å². The van der Waals surface area contributed by atoms with Crippen molar-refractivity contribution in [2.75, 3.05) is 0 Å². The van der Waals surface area contributed by atoms with Crippen LogP contribution in [-0.2, 0) is 9.59 Å². The second kappa shape index (κ2) is 14.0. The third-order valence-corrected chi connectivity index (χ3v) is 2.43. The summed E-state index contributed by atoms with van der Waals surface area (Å²) < 4.78 is 0. The molecule has 0 aliphatic carbocycles. The fraction of sp³-hybridized carbons (Fsp3) is 0.857. The van der Waals surface area contributed by atoms with Gasteiger partial charge in [-0.25, -0.2) is 0 Å². The molecule has 0 bridgehead atoms. The molecular formula is C14H28O4. The highest BCUT2D eigenvalue weighted by molar-refractivity contribution is 5.66. The van der Waals surface area contributed by atoms with Crippen molar-refractivity contribution in [3.63, 3.8) is 0 Å². The first-order valence-electron chi connectivity index (χ1n) is 6.83. The third kappa shape index (κ3) is 24.3. The van der Waals surface area contributed by atoms with Gasteiger partial charge in [-0.3, -0.25) is 9.59 Å². The SMILES string of the molecule is CC(C)CCC(=O)O.CCCCCCCC(=O)O. The summed E-state index contributed by atoms with van der Waals surface area (Å²) in [6.45, 7) is 6.18. The van der Waals surface area contributed by atoms with Crippen LogP contribution in [0.3, 0.4) is 0 Å². The van der Waals surface area contributed by atoms with Gasteiger partial charge in [0.2, 0.25) is 0 Å². The van der Waals surface area contributed by atoms with Crippen LogP contribution in [-0.4, -0.2) is 22.2 Å². The highest BCUT2D eigenvalue weighted by atomic mass is 16.4. The first-order chi connectivity index (χ1) is 8.40. The smallest absolute Gasteiger partial charge is 0.303 e. The number of aliphatic carboxylic acids is 2. The molecule has 0 aromatic rings. The van der Waals surface area contributed by atoms with Crippen molar-refractivity contribution in [3.8, 4) is 0 Å². The molecule has 0 unspecified atom stereocenters. The van der Waals surface area contributed by atoms with E-state index < -0.39 is 11.9 Å². The molecule has 0 aromatic carbocycles. The zero-order valence-electron chi connectivity index (χ0n) is 11.9. The summed E-state index contributed by atoms with van der Waals surface area (Å²) in [5.41, 5.74) is 0. The summed E-state index contributed by atoms with van der Waals surface area (Å²) in [5, 5.41) is 16.4. The number of carboxylic acid groups (broad SMARTS) is 2. The molecule has 0 saturated carbocycles. The van der Waals surface area contributed by atoms with Gasteiger partial charge in [-0.1, -0.05) is 46.5 Å². The van der Waals surface area contributed by atoms with Crippen molar-refractivity contribution < 1.29 is 19.8 Å². The maximum atomic E-state index is 10.0.